The summed E-state index contributed by atoms with van der Waals surface area (Å²) in [7, 11) is 0. The molecule has 0 saturated heterocycles. The first kappa shape index (κ1) is 30.1. The van der Waals surface area contributed by atoms with E-state index in [-0.39, 0.29) is 0 Å². The fourth-order valence-electron chi connectivity index (χ4n) is 3.15. The van der Waals surface area contributed by atoms with Gasteiger partial charge >= 0.3 is 0 Å². The lowest BCUT2D eigenvalue weighted by atomic mass is 9.94. The maximum Gasteiger partial charge on any atom is 0.0736 e. The SMILES string of the molecule is C=CCC(=C)N.CC.CCCCc1ccc(C(C)C)c2cccnc12.Cc1ccc(C)cc1. The third-order valence-electron chi connectivity index (χ3n) is 4.93. The summed E-state index contributed by atoms with van der Waals surface area (Å²) >= 11 is 0. The van der Waals surface area contributed by atoms with Crippen LogP contribution >= 0.6 is 0 Å². The minimum absolute atomic E-state index is 0.557. The van der Waals surface area contributed by atoms with Crippen molar-refractivity contribution in [1.29, 1.82) is 0 Å². The van der Waals surface area contributed by atoms with E-state index in [0.717, 1.165) is 12.8 Å². The van der Waals surface area contributed by atoms with Gasteiger partial charge in [-0.15, -0.1) is 6.58 Å². The molecule has 3 aromatic rings. The average molecular weight is 447 g/mol. The summed E-state index contributed by atoms with van der Waals surface area (Å²) in [4.78, 5) is 4.58. The Morgan fingerprint density at radius 3 is 2.00 bits per heavy atom. The molecule has 0 aliphatic carbocycles. The molecule has 3 rings (SSSR count). The van der Waals surface area contributed by atoms with Crippen LogP contribution in [0.15, 0.2) is 79.7 Å². The number of pyridine rings is 1. The summed E-state index contributed by atoms with van der Waals surface area (Å²) < 4.78 is 0. The topological polar surface area (TPSA) is 38.9 Å². The second-order valence-electron chi connectivity index (χ2n) is 8.28. The van der Waals surface area contributed by atoms with Crippen molar-refractivity contribution in [1.82, 2.24) is 4.98 Å². The van der Waals surface area contributed by atoms with Crippen molar-refractivity contribution >= 4 is 10.9 Å². The number of unbranched alkanes of at least 4 members (excludes halogenated alkanes) is 1. The van der Waals surface area contributed by atoms with E-state index in [1.54, 1.807) is 6.08 Å². The summed E-state index contributed by atoms with van der Waals surface area (Å²) in [6.07, 6.45) is 7.97. The monoisotopic (exact) mass is 446 g/mol. The van der Waals surface area contributed by atoms with E-state index in [1.807, 2.05) is 26.1 Å². The van der Waals surface area contributed by atoms with E-state index in [0.29, 0.717) is 11.6 Å². The van der Waals surface area contributed by atoms with Gasteiger partial charge in [0, 0.05) is 23.7 Å². The van der Waals surface area contributed by atoms with Crippen LogP contribution in [0.5, 0.6) is 0 Å². The minimum atomic E-state index is 0.557. The zero-order chi connectivity index (χ0) is 25.2. The van der Waals surface area contributed by atoms with Crippen LogP contribution in [0.3, 0.4) is 0 Å². The van der Waals surface area contributed by atoms with Crippen molar-refractivity contribution in [2.75, 3.05) is 0 Å². The fraction of sp³-hybridized carbons (Fsp3) is 0.387. The molecule has 2 nitrogen and oxygen atoms in total. The molecule has 1 aromatic heterocycles. The Kier molecular flexibility index (Phi) is 16.1. The van der Waals surface area contributed by atoms with E-state index in [4.69, 9.17) is 5.73 Å². The lowest BCUT2D eigenvalue weighted by Gasteiger charge is -2.12. The molecule has 0 aliphatic heterocycles. The highest BCUT2D eigenvalue weighted by molar-refractivity contribution is 5.85. The first-order valence-corrected chi connectivity index (χ1v) is 12.2. The van der Waals surface area contributed by atoms with Crippen LogP contribution in [0.2, 0.25) is 0 Å². The molecular weight excluding hydrogens is 400 g/mol. The van der Waals surface area contributed by atoms with Gasteiger partial charge in [-0.05, 0) is 49.8 Å². The zero-order valence-corrected chi connectivity index (χ0v) is 22.1. The van der Waals surface area contributed by atoms with Gasteiger partial charge in [0.2, 0.25) is 0 Å². The van der Waals surface area contributed by atoms with Gasteiger partial charge in [0.15, 0.2) is 0 Å². The summed E-state index contributed by atoms with van der Waals surface area (Å²) in [5.74, 6) is 0.557. The Labute approximate surface area is 203 Å². The number of benzene rings is 2. The largest absolute Gasteiger partial charge is 0.402 e. The van der Waals surface area contributed by atoms with Crippen LogP contribution in [0, 0.1) is 13.8 Å². The number of hydrogen-bond donors (Lipinski definition) is 1. The Bertz CT molecular complexity index is 916. The van der Waals surface area contributed by atoms with Crippen molar-refractivity contribution in [3.05, 3.63) is 102 Å². The van der Waals surface area contributed by atoms with Crippen LogP contribution in [0.1, 0.15) is 82.1 Å². The standard InChI is InChI=1S/C16H21N.C8H10.C5H9N.C2H6/c1-4-5-7-13-9-10-14(12(2)3)15-8-6-11-17-16(13)15;1-7-3-5-8(2)6-4-7;1-3-4-5(2)6;1-2/h6,8-12H,4-5,7H2,1-3H3;3-6H,1-2H3;3H,1-2,4,6H2;1-2H3. The van der Waals surface area contributed by atoms with Gasteiger partial charge < -0.3 is 5.73 Å². The van der Waals surface area contributed by atoms with E-state index in [2.05, 4.69) is 95.2 Å². The third-order valence-corrected chi connectivity index (χ3v) is 4.93. The maximum absolute atomic E-state index is 5.14. The number of fused-ring (bicyclic) bond motifs is 1. The predicted octanol–water partition coefficient (Wildman–Crippen LogP) is 9.07. The maximum atomic E-state index is 5.14. The van der Waals surface area contributed by atoms with Crippen LogP contribution in [0.25, 0.3) is 10.9 Å². The second-order valence-corrected chi connectivity index (χ2v) is 8.28. The highest BCUT2D eigenvalue weighted by Crippen LogP contribution is 2.27. The molecule has 0 fully saturated rings. The Hall–Kier alpha value is -2.87. The Morgan fingerprint density at radius 1 is 1.00 bits per heavy atom. The molecule has 0 amide bonds. The van der Waals surface area contributed by atoms with Gasteiger partial charge in [-0.25, -0.2) is 0 Å². The number of aromatic nitrogens is 1. The summed E-state index contributed by atoms with van der Waals surface area (Å²) in [5, 5.41) is 1.33. The molecule has 0 unspecified atom stereocenters. The van der Waals surface area contributed by atoms with Gasteiger partial charge in [-0.2, -0.15) is 0 Å². The van der Waals surface area contributed by atoms with Crippen molar-refractivity contribution in [3.63, 3.8) is 0 Å². The molecule has 0 aliphatic rings. The molecule has 0 saturated carbocycles. The van der Waals surface area contributed by atoms with Crippen molar-refractivity contribution in [2.45, 2.75) is 80.1 Å². The normalized spacial score (nSPS) is 9.58. The van der Waals surface area contributed by atoms with Crippen molar-refractivity contribution in [2.24, 2.45) is 5.73 Å². The highest BCUT2D eigenvalue weighted by Gasteiger charge is 2.08. The molecule has 0 bridgehead atoms. The molecule has 2 N–H and O–H groups in total. The van der Waals surface area contributed by atoms with E-state index in [9.17, 15) is 0 Å². The Morgan fingerprint density at radius 2 is 1.58 bits per heavy atom. The molecule has 0 atom stereocenters. The highest BCUT2D eigenvalue weighted by atomic mass is 14.6. The molecule has 33 heavy (non-hydrogen) atoms. The lowest BCUT2D eigenvalue weighted by molar-refractivity contribution is 0.796. The van der Waals surface area contributed by atoms with Crippen LogP contribution in [0.4, 0.5) is 0 Å². The molecule has 2 aromatic carbocycles. The quantitative estimate of drug-likeness (QED) is 0.383. The van der Waals surface area contributed by atoms with Crippen molar-refractivity contribution in [3.8, 4) is 0 Å². The zero-order valence-electron chi connectivity index (χ0n) is 22.1. The number of hydrogen-bond acceptors (Lipinski definition) is 2. The summed E-state index contributed by atoms with van der Waals surface area (Å²) in [5.41, 5.74) is 12.5. The van der Waals surface area contributed by atoms with Gasteiger partial charge in [0.05, 0.1) is 5.52 Å². The molecule has 180 valence electrons. The van der Waals surface area contributed by atoms with Gasteiger partial charge in [0.1, 0.15) is 0 Å². The first-order chi connectivity index (χ1) is 15.8. The Balaban J connectivity index is 0.000000532. The average Bonchev–Trinajstić information content (AvgIpc) is 2.81. The number of allylic oxidation sites excluding steroid dienone is 1. The van der Waals surface area contributed by atoms with E-state index >= 15 is 0 Å². The summed E-state index contributed by atoms with van der Waals surface area (Å²) in [6.45, 7) is 21.8. The molecule has 1 heterocycles. The van der Waals surface area contributed by atoms with Crippen LogP contribution in [-0.2, 0) is 6.42 Å². The van der Waals surface area contributed by atoms with Crippen LogP contribution < -0.4 is 5.73 Å². The summed E-state index contributed by atoms with van der Waals surface area (Å²) in [6, 6.07) is 17.3. The van der Waals surface area contributed by atoms with Crippen LogP contribution in [-0.4, -0.2) is 4.98 Å². The smallest absolute Gasteiger partial charge is 0.0736 e. The van der Waals surface area contributed by atoms with Gasteiger partial charge in [-0.1, -0.05) is 107 Å². The van der Waals surface area contributed by atoms with Gasteiger partial charge in [-0.3, -0.25) is 4.98 Å². The minimum Gasteiger partial charge on any atom is -0.402 e. The van der Waals surface area contributed by atoms with Crippen molar-refractivity contribution < 1.29 is 0 Å². The lowest BCUT2D eigenvalue weighted by Crippen LogP contribution is -1.95. The fourth-order valence-corrected chi connectivity index (χ4v) is 3.15. The number of nitrogens with zero attached hydrogens (tertiary/aromatic N) is 1. The second kappa shape index (κ2) is 17.7. The number of nitrogens with two attached hydrogens (primary N) is 1. The first-order valence-electron chi connectivity index (χ1n) is 12.2. The van der Waals surface area contributed by atoms with E-state index in [1.165, 1.54) is 46.0 Å². The number of aryl methyl sites for hydroxylation is 3. The predicted molar refractivity (Wildman–Crippen MR) is 150 cm³/mol. The van der Waals surface area contributed by atoms with Gasteiger partial charge in [0.25, 0.3) is 0 Å². The number of rotatable bonds is 6. The van der Waals surface area contributed by atoms with E-state index < -0.39 is 0 Å². The third kappa shape index (κ3) is 12.1. The molecule has 0 spiro atoms. The molecule has 0 radical (unpaired) electrons. The molecular formula is C31H46N2. The molecule has 2 heteroatoms.